The average Bonchev–Trinajstić information content (AvgIpc) is 3.07. The summed E-state index contributed by atoms with van der Waals surface area (Å²) in [5, 5.41) is 2.63. The van der Waals surface area contributed by atoms with Gasteiger partial charge in [-0.2, -0.15) is 0 Å². The molecule has 0 aromatic heterocycles. The Balaban J connectivity index is 1.96. The molecule has 0 aliphatic carbocycles. The van der Waals surface area contributed by atoms with E-state index < -0.39 is 17.7 Å². The summed E-state index contributed by atoms with van der Waals surface area (Å²) in [6, 6.07) is 6.23. The first kappa shape index (κ1) is 19.8. The third kappa shape index (κ3) is 4.97. The van der Waals surface area contributed by atoms with Gasteiger partial charge in [-0.3, -0.25) is 14.5 Å². The highest BCUT2D eigenvalue weighted by molar-refractivity contribution is 6.02. The molecule has 1 saturated heterocycles. The van der Waals surface area contributed by atoms with E-state index in [9.17, 15) is 14.4 Å². The average molecular weight is 362 g/mol. The van der Waals surface area contributed by atoms with E-state index in [1.54, 1.807) is 45.0 Å². The molecule has 26 heavy (non-hydrogen) atoms. The van der Waals surface area contributed by atoms with Crippen LogP contribution in [0, 0.1) is 0 Å². The Morgan fingerprint density at radius 1 is 1.23 bits per heavy atom. The molecule has 1 aliphatic rings. The maximum absolute atomic E-state index is 12.5. The van der Waals surface area contributed by atoms with Crippen LogP contribution in [0.25, 0.3) is 0 Å². The summed E-state index contributed by atoms with van der Waals surface area (Å²) in [6.45, 7) is 5.65. The molecule has 0 spiro atoms. The van der Waals surface area contributed by atoms with Crippen LogP contribution in [0.3, 0.4) is 0 Å². The summed E-state index contributed by atoms with van der Waals surface area (Å²) in [7, 11) is 1.49. The summed E-state index contributed by atoms with van der Waals surface area (Å²) in [5.41, 5.74) is -0.216. The minimum Gasteiger partial charge on any atom is -0.496 e. The second kappa shape index (κ2) is 8.21. The zero-order valence-corrected chi connectivity index (χ0v) is 15.7. The standard InChI is InChI=1S/C19H26N2O5/c1-19(2,3)26-18(24)21-11-7-9-14(21)17(23)20-12-15(22)13-8-5-6-10-16(13)25-4/h5-6,8,10,14H,7,9,11-12H2,1-4H3,(H,20,23)/t14-/m0/s1. The Bertz CT molecular complexity index is 681. The predicted octanol–water partition coefficient (Wildman–Crippen LogP) is 2.39. The van der Waals surface area contributed by atoms with Crippen molar-refractivity contribution in [2.75, 3.05) is 20.2 Å². The van der Waals surface area contributed by atoms with Crippen LogP contribution in [0.4, 0.5) is 4.79 Å². The van der Waals surface area contributed by atoms with Crippen molar-refractivity contribution >= 4 is 17.8 Å². The number of para-hydroxylation sites is 1. The molecule has 0 saturated carbocycles. The Morgan fingerprint density at radius 3 is 2.58 bits per heavy atom. The van der Waals surface area contributed by atoms with E-state index in [0.717, 1.165) is 6.42 Å². The summed E-state index contributed by atoms with van der Waals surface area (Å²) in [6.07, 6.45) is 0.761. The van der Waals surface area contributed by atoms with Crippen molar-refractivity contribution < 1.29 is 23.9 Å². The van der Waals surface area contributed by atoms with Gasteiger partial charge < -0.3 is 14.8 Å². The number of amides is 2. The number of nitrogens with zero attached hydrogens (tertiary/aromatic N) is 1. The van der Waals surface area contributed by atoms with E-state index >= 15 is 0 Å². The fraction of sp³-hybridized carbons (Fsp3) is 0.526. The summed E-state index contributed by atoms with van der Waals surface area (Å²) in [5.74, 6) is -0.141. The van der Waals surface area contributed by atoms with Gasteiger partial charge in [-0.1, -0.05) is 12.1 Å². The zero-order valence-electron chi connectivity index (χ0n) is 15.7. The van der Waals surface area contributed by atoms with Gasteiger partial charge in [0.2, 0.25) is 5.91 Å². The Kier molecular flexibility index (Phi) is 6.23. The van der Waals surface area contributed by atoms with Gasteiger partial charge in [0.1, 0.15) is 17.4 Å². The SMILES string of the molecule is COc1ccccc1C(=O)CNC(=O)[C@@H]1CCCN1C(=O)OC(C)(C)C. The maximum atomic E-state index is 12.5. The molecule has 1 aromatic carbocycles. The lowest BCUT2D eigenvalue weighted by atomic mass is 10.1. The molecule has 7 heteroatoms. The normalized spacial score (nSPS) is 16.9. The first-order valence-electron chi connectivity index (χ1n) is 8.66. The van der Waals surface area contributed by atoms with Crippen LogP contribution >= 0.6 is 0 Å². The number of methoxy groups -OCH3 is 1. The Morgan fingerprint density at radius 2 is 1.92 bits per heavy atom. The molecular formula is C19H26N2O5. The van der Waals surface area contributed by atoms with Crippen LogP contribution in [0.5, 0.6) is 5.75 Å². The van der Waals surface area contributed by atoms with Crippen LogP contribution in [-0.2, 0) is 9.53 Å². The van der Waals surface area contributed by atoms with Gasteiger partial charge in [0.15, 0.2) is 5.78 Å². The van der Waals surface area contributed by atoms with Gasteiger partial charge in [-0.15, -0.1) is 0 Å². The summed E-state index contributed by atoms with van der Waals surface area (Å²) < 4.78 is 10.5. The number of ketones is 1. The smallest absolute Gasteiger partial charge is 0.410 e. The number of carbonyl (C=O) groups is 3. The molecule has 142 valence electrons. The minimum atomic E-state index is -0.624. The first-order valence-corrected chi connectivity index (χ1v) is 8.66. The van der Waals surface area contributed by atoms with E-state index in [0.29, 0.717) is 24.3 Å². The number of hydrogen-bond donors (Lipinski definition) is 1. The van der Waals surface area contributed by atoms with Crippen LogP contribution in [-0.4, -0.2) is 54.5 Å². The van der Waals surface area contributed by atoms with Crippen LogP contribution in [0.1, 0.15) is 44.0 Å². The van der Waals surface area contributed by atoms with Crippen molar-refractivity contribution in [1.82, 2.24) is 10.2 Å². The van der Waals surface area contributed by atoms with Gasteiger partial charge in [-0.05, 0) is 45.7 Å². The third-order valence-corrected chi connectivity index (χ3v) is 4.01. The maximum Gasteiger partial charge on any atom is 0.410 e. The lowest BCUT2D eigenvalue weighted by Crippen LogP contribution is -2.48. The molecule has 1 heterocycles. The zero-order chi connectivity index (χ0) is 19.3. The quantitative estimate of drug-likeness (QED) is 0.813. The molecule has 1 fully saturated rings. The topological polar surface area (TPSA) is 84.9 Å². The number of benzene rings is 1. The lowest BCUT2D eigenvalue weighted by molar-refractivity contribution is -0.125. The molecular weight excluding hydrogens is 336 g/mol. The molecule has 1 N–H and O–H groups in total. The molecule has 7 nitrogen and oxygen atoms in total. The number of Topliss-reactive ketones (excluding diaryl/α,β-unsaturated/α-hetero) is 1. The fourth-order valence-corrected chi connectivity index (χ4v) is 2.83. The van der Waals surface area contributed by atoms with E-state index in [1.165, 1.54) is 12.0 Å². The van der Waals surface area contributed by atoms with Crippen molar-refractivity contribution in [2.45, 2.75) is 45.3 Å². The molecule has 0 radical (unpaired) electrons. The molecule has 0 bridgehead atoms. The Labute approximate surface area is 153 Å². The highest BCUT2D eigenvalue weighted by Gasteiger charge is 2.36. The van der Waals surface area contributed by atoms with Crippen LogP contribution in [0.2, 0.25) is 0 Å². The van der Waals surface area contributed by atoms with Crippen molar-refractivity contribution in [3.8, 4) is 5.75 Å². The van der Waals surface area contributed by atoms with Gasteiger partial charge in [0.05, 0.1) is 19.2 Å². The number of hydrogen-bond acceptors (Lipinski definition) is 5. The molecule has 2 rings (SSSR count). The van der Waals surface area contributed by atoms with Crippen LogP contribution in [0.15, 0.2) is 24.3 Å². The third-order valence-electron chi connectivity index (χ3n) is 4.01. The monoisotopic (exact) mass is 362 g/mol. The summed E-state index contributed by atoms with van der Waals surface area (Å²) in [4.78, 5) is 38.5. The molecule has 2 amide bonds. The highest BCUT2D eigenvalue weighted by atomic mass is 16.6. The van der Waals surface area contributed by atoms with Crippen molar-refractivity contribution in [3.63, 3.8) is 0 Å². The van der Waals surface area contributed by atoms with Gasteiger partial charge in [-0.25, -0.2) is 4.79 Å². The molecule has 0 unspecified atom stereocenters. The van der Waals surface area contributed by atoms with E-state index in [-0.39, 0.29) is 18.2 Å². The molecule has 1 atom stereocenters. The van der Waals surface area contributed by atoms with Gasteiger partial charge in [0, 0.05) is 6.54 Å². The molecule has 1 aromatic rings. The lowest BCUT2D eigenvalue weighted by Gasteiger charge is -2.28. The molecule has 1 aliphatic heterocycles. The van der Waals surface area contributed by atoms with Gasteiger partial charge in [0.25, 0.3) is 0 Å². The van der Waals surface area contributed by atoms with Crippen LogP contribution < -0.4 is 10.1 Å². The number of ether oxygens (including phenoxy) is 2. The fourth-order valence-electron chi connectivity index (χ4n) is 2.83. The predicted molar refractivity (Wildman–Crippen MR) is 96.3 cm³/mol. The number of carbonyl (C=O) groups excluding carboxylic acids is 3. The second-order valence-electron chi connectivity index (χ2n) is 7.17. The van der Waals surface area contributed by atoms with E-state index in [4.69, 9.17) is 9.47 Å². The minimum absolute atomic E-state index is 0.155. The van der Waals surface area contributed by atoms with Crippen molar-refractivity contribution in [2.24, 2.45) is 0 Å². The Hall–Kier alpha value is -2.57. The number of rotatable bonds is 5. The largest absolute Gasteiger partial charge is 0.496 e. The van der Waals surface area contributed by atoms with E-state index in [1.807, 2.05) is 0 Å². The summed E-state index contributed by atoms with van der Waals surface area (Å²) >= 11 is 0. The highest BCUT2D eigenvalue weighted by Crippen LogP contribution is 2.21. The van der Waals surface area contributed by atoms with Crippen molar-refractivity contribution in [3.05, 3.63) is 29.8 Å². The van der Waals surface area contributed by atoms with E-state index in [2.05, 4.69) is 5.32 Å². The van der Waals surface area contributed by atoms with Crippen molar-refractivity contribution in [1.29, 1.82) is 0 Å². The van der Waals surface area contributed by atoms with Gasteiger partial charge >= 0.3 is 6.09 Å². The first-order chi connectivity index (χ1) is 12.2. The number of likely N-dealkylation sites (tertiary alicyclic amines) is 1. The second-order valence-corrected chi connectivity index (χ2v) is 7.17. The number of nitrogens with one attached hydrogen (secondary N) is 1.